The van der Waals surface area contributed by atoms with E-state index in [1.165, 1.54) is 44.9 Å². The molecule has 4 aliphatic rings. The maximum Gasteiger partial charge on any atom is 0.0545 e. The molecule has 2 nitrogen and oxygen atoms in total. The summed E-state index contributed by atoms with van der Waals surface area (Å²) in [7, 11) is 0. The van der Waals surface area contributed by atoms with Crippen molar-refractivity contribution in [3.05, 3.63) is 0 Å². The Labute approximate surface area is 142 Å². The van der Waals surface area contributed by atoms with Gasteiger partial charge in [-0.3, -0.25) is 0 Å². The van der Waals surface area contributed by atoms with Crippen molar-refractivity contribution in [2.45, 2.75) is 90.8 Å². The fourth-order valence-corrected chi connectivity index (χ4v) is 8.07. The first-order chi connectivity index (χ1) is 10.9. The van der Waals surface area contributed by atoms with E-state index in [2.05, 4.69) is 13.8 Å². The van der Waals surface area contributed by atoms with Crippen LogP contribution in [0.15, 0.2) is 0 Å². The topological polar surface area (TPSA) is 40.5 Å². The van der Waals surface area contributed by atoms with Crippen LogP contribution < -0.4 is 0 Å². The highest BCUT2D eigenvalue weighted by molar-refractivity contribution is 5.09. The fourth-order valence-electron chi connectivity index (χ4n) is 8.07. The molecule has 0 radical (unpaired) electrons. The van der Waals surface area contributed by atoms with Crippen molar-refractivity contribution in [1.29, 1.82) is 0 Å². The molecule has 4 fully saturated rings. The molecule has 0 aromatic carbocycles. The number of aliphatic hydroxyl groups excluding tert-OH is 2. The van der Waals surface area contributed by atoms with Crippen molar-refractivity contribution >= 4 is 0 Å². The smallest absolute Gasteiger partial charge is 0.0545 e. The third kappa shape index (κ3) is 2.27. The van der Waals surface area contributed by atoms with Crippen LogP contribution in [-0.4, -0.2) is 22.4 Å². The van der Waals surface area contributed by atoms with Crippen molar-refractivity contribution in [1.82, 2.24) is 0 Å². The molecule has 0 aromatic rings. The minimum absolute atomic E-state index is 0.0374. The molecule has 0 saturated heterocycles. The second kappa shape index (κ2) is 5.46. The quantitative estimate of drug-likeness (QED) is 0.752. The fraction of sp³-hybridized carbons (Fsp3) is 1.00. The van der Waals surface area contributed by atoms with Gasteiger partial charge in [-0.1, -0.05) is 13.8 Å². The van der Waals surface area contributed by atoms with Crippen molar-refractivity contribution in [2.24, 2.45) is 40.4 Å². The van der Waals surface area contributed by atoms with Gasteiger partial charge in [0.2, 0.25) is 0 Å². The van der Waals surface area contributed by atoms with Crippen molar-refractivity contribution < 1.29 is 10.2 Å². The van der Waals surface area contributed by atoms with E-state index >= 15 is 0 Å². The molecule has 0 heterocycles. The van der Waals surface area contributed by atoms with Crippen LogP contribution in [0, 0.1) is 40.4 Å². The first-order valence-corrected chi connectivity index (χ1v) is 10.2. The molecule has 0 amide bonds. The summed E-state index contributed by atoms with van der Waals surface area (Å²) in [4.78, 5) is 0. The Hall–Kier alpha value is -0.0800. The number of rotatable bonds is 1. The van der Waals surface area contributed by atoms with E-state index < -0.39 is 0 Å². The van der Waals surface area contributed by atoms with Gasteiger partial charge in [0.15, 0.2) is 0 Å². The van der Waals surface area contributed by atoms with Crippen molar-refractivity contribution in [3.63, 3.8) is 0 Å². The van der Waals surface area contributed by atoms with Gasteiger partial charge in [-0.2, -0.15) is 0 Å². The van der Waals surface area contributed by atoms with E-state index in [1.807, 2.05) is 6.92 Å². The van der Waals surface area contributed by atoms with Crippen molar-refractivity contribution in [2.75, 3.05) is 0 Å². The summed E-state index contributed by atoms with van der Waals surface area (Å²) in [6.45, 7) is 7.08. The van der Waals surface area contributed by atoms with Gasteiger partial charge < -0.3 is 10.2 Å². The van der Waals surface area contributed by atoms with Gasteiger partial charge in [0.25, 0.3) is 0 Å². The van der Waals surface area contributed by atoms with E-state index in [0.29, 0.717) is 16.7 Å². The highest BCUT2D eigenvalue weighted by Crippen LogP contribution is 2.67. The van der Waals surface area contributed by atoms with Crippen LogP contribution in [0.5, 0.6) is 0 Å². The van der Waals surface area contributed by atoms with E-state index in [0.717, 1.165) is 36.5 Å². The predicted octanol–water partition coefficient (Wildman–Crippen LogP) is 4.39. The summed E-state index contributed by atoms with van der Waals surface area (Å²) in [5, 5.41) is 20.4. The minimum Gasteiger partial charge on any atom is -0.393 e. The van der Waals surface area contributed by atoms with Crippen molar-refractivity contribution in [3.8, 4) is 0 Å². The third-order valence-electron chi connectivity index (χ3n) is 9.29. The molecule has 0 bridgehead atoms. The molecule has 8 unspecified atom stereocenters. The van der Waals surface area contributed by atoms with Gasteiger partial charge in [-0.05, 0) is 105 Å². The van der Waals surface area contributed by atoms with Gasteiger partial charge in [-0.15, -0.1) is 0 Å². The standard InChI is InChI=1S/C21H36O2/c1-13(22)17-6-7-18-16-5-4-14-12-15(23)8-10-20(14,2)19(16)9-11-21(17,18)3/h13-19,22-23H,4-12H2,1-3H3/t13?,14?,15-,16?,17?,18?,19?,20?,21?/m1/s1. The van der Waals surface area contributed by atoms with Crippen LogP contribution >= 0.6 is 0 Å². The molecular weight excluding hydrogens is 284 g/mol. The Morgan fingerprint density at radius 2 is 1.57 bits per heavy atom. The van der Waals surface area contributed by atoms with E-state index in [9.17, 15) is 10.2 Å². The summed E-state index contributed by atoms with van der Waals surface area (Å²) in [5.41, 5.74) is 0.860. The second-order valence-corrected chi connectivity index (χ2v) is 10.1. The Kier molecular flexibility index (Phi) is 3.89. The lowest BCUT2D eigenvalue weighted by molar-refractivity contribution is -0.132. The molecule has 0 aromatic heterocycles. The summed E-state index contributed by atoms with van der Waals surface area (Å²) >= 11 is 0. The summed E-state index contributed by atoms with van der Waals surface area (Å²) < 4.78 is 0. The Morgan fingerprint density at radius 3 is 2.30 bits per heavy atom. The molecule has 0 aliphatic heterocycles. The number of hydrogen-bond acceptors (Lipinski definition) is 2. The lowest BCUT2D eigenvalue weighted by atomic mass is 9.44. The first-order valence-electron chi connectivity index (χ1n) is 10.2. The maximum absolute atomic E-state index is 10.3. The lowest BCUT2D eigenvalue weighted by Crippen LogP contribution is -2.54. The lowest BCUT2D eigenvalue weighted by Gasteiger charge is -2.61. The monoisotopic (exact) mass is 320 g/mol. The van der Waals surface area contributed by atoms with Crippen LogP contribution in [0.25, 0.3) is 0 Å². The molecule has 132 valence electrons. The first kappa shape index (κ1) is 16.4. The molecule has 4 saturated carbocycles. The van der Waals surface area contributed by atoms with E-state index in [1.54, 1.807) is 0 Å². The molecule has 4 rings (SSSR count). The molecule has 4 aliphatic carbocycles. The van der Waals surface area contributed by atoms with Gasteiger partial charge >= 0.3 is 0 Å². The predicted molar refractivity (Wildman–Crippen MR) is 92.9 cm³/mol. The summed E-state index contributed by atoms with van der Waals surface area (Å²) in [5.74, 6) is 3.87. The molecule has 23 heavy (non-hydrogen) atoms. The molecule has 2 heteroatoms. The Morgan fingerprint density at radius 1 is 0.870 bits per heavy atom. The third-order valence-corrected chi connectivity index (χ3v) is 9.29. The van der Waals surface area contributed by atoms with Crippen LogP contribution in [0.1, 0.15) is 78.6 Å². The highest BCUT2D eigenvalue weighted by Gasteiger charge is 2.60. The van der Waals surface area contributed by atoms with Gasteiger partial charge in [0, 0.05) is 0 Å². The van der Waals surface area contributed by atoms with E-state index in [4.69, 9.17) is 0 Å². The van der Waals surface area contributed by atoms with Gasteiger partial charge in [0.05, 0.1) is 12.2 Å². The number of fused-ring (bicyclic) bond motifs is 5. The Balaban J connectivity index is 1.60. The highest BCUT2D eigenvalue weighted by atomic mass is 16.3. The average Bonchev–Trinajstić information content (AvgIpc) is 2.85. The van der Waals surface area contributed by atoms with Crippen LogP contribution in [0.4, 0.5) is 0 Å². The molecule has 0 spiro atoms. The molecule has 2 N–H and O–H groups in total. The zero-order valence-corrected chi connectivity index (χ0v) is 15.3. The SMILES string of the molecule is CC(O)C1CCC2C3CCC4C[C@H](O)CCC4(C)C3CCC12C. The van der Waals surface area contributed by atoms with Gasteiger partial charge in [-0.25, -0.2) is 0 Å². The average molecular weight is 321 g/mol. The second-order valence-electron chi connectivity index (χ2n) is 10.1. The van der Waals surface area contributed by atoms with Crippen LogP contribution in [0.2, 0.25) is 0 Å². The van der Waals surface area contributed by atoms with Crippen LogP contribution in [-0.2, 0) is 0 Å². The largest absolute Gasteiger partial charge is 0.393 e. The Bertz CT molecular complexity index is 461. The molecule has 9 atom stereocenters. The van der Waals surface area contributed by atoms with Gasteiger partial charge in [0.1, 0.15) is 0 Å². The zero-order chi connectivity index (χ0) is 16.4. The summed E-state index contributed by atoms with van der Waals surface area (Å²) in [6, 6.07) is 0. The normalized spacial score (nSPS) is 57.3. The van der Waals surface area contributed by atoms with E-state index in [-0.39, 0.29) is 12.2 Å². The number of aliphatic hydroxyl groups is 2. The number of hydrogen-bond donors (Lipinski definition) is 2. The maximum atomic E-state index is 10.3. The minimum atomic E-state index is -0.140. The van der Waals surface area contributed by atoms with Crippen LogP contribution in [0.3, 0.4) is 0 Å². The zero-order valence-electron chi connectivity index (χ0n) is 15.3. The summed E-state index contributed by atoms with van der Waals surface area (Å²) in [6.07, 6.45) is 11.1. The molecular formula is C21H36O2.